The number of ether oxygens (including phenoxy) is 3. The van der Waals surface area contributed by atoms with Crippen LogP contribution in [-0.4, -0.2) is 101 Å². The van der Waals surface area contributed by atoms with Gasteiger partial charge in [0.1, 0.15) is 17.7 Å². The van der Waals surface area contributed by atoms with E-state index in [1.54, 1.807) is 17.1 Å². The second kappa shape index (κ2) is 16.2. The van der Waals surface area contributed by atoms with E-state index in [1.165, 1.54) is 12.0 Å². The van der Waals surface area contributed by atoms with Crippen LogP contribution >= 0.6 is 0 Å². The molecule has 3 aliphatic rings. The summed E-state index contributed by atoms with van der Waals surface area (Å²) >= 11 is 0. The number of allylic oxidation sites excluding steroid dienone is 1. The first-order valence-corrected chi connectivity index (χ1v) is 17.2. The third kappa shape index (κ3) is 7.09. The summed E-state index contributed by atoms with van der Waals surface area (Å²) in [5.74, 6) is -3.65. The zero-order valence-corrected chi connectivity index (χ0v) is 29.0. The van der Waals surface area contributed by atoms with Crippen LogP contribution in [0.4, 0.5) is 0 Å². The first-order chi connectivity index (χ1) is 23.0. The van der Waals surface area contributed by atoms with Crippen molar-refractivity contribution in [3.8, 4) is 0 Å². The molecule has 0 radical (unpaired) electrons. The van der Waals surface area contributed by atoms with Crippen LogP contribution in [0, 0.1) is 17.8 Å². The molecule has 3 heterocycles. The Balaban J connectivity index is 1.74. The molecule has 11 nitrogen and oxygen atoms in total. The van der Waals surface area contributed by atoms with Gasteiger partial charge in [0.05, 0.1) is 43.2 Å². The van der Waals surface area contributed by atoms with Gasteiger partial charge < -0.3 is 34.4 Å². The van der Waals surface area contributed by atoms with Gasteiger partial charge in [-0.05, 0) is 44.6 Å². The average molecular weight is 668 g/mol. The molecule has 0 aliphatic carbocycles. The molecule has 4 rings (SSSR count). The highest BCUT2D eigenvalue weighted by Gasteiger charge is 2.76. The fourth-order valence-electron chi connectivity index (χ4n) is 7.79. The number of nitrogens with one attached hydrogen (secondary N) is 1. The Morgan fingerprint density at radius 1 is 1.19 bits per heavy atom. The third-order valence-corrected chi connectivity index (χ3v) is 10.3. The van der Waals surface area contributed by atoms with Crippen molar-refractivity contribution in [2.45, 2.75) is 102 Å². The number of rotatable bonds is 18. The largest absolute Gasteiger partial charge is 0.455 e. The highest BCUT2D eigenvalue weighted by atomic mass is 16.6. The van der Waals surface area contributed by atoms with E-state index in [9.17, 15) is 24.3 Å². The topological polar surface area (TPSA) is 135 Å². The second-order valence-electron chi connectivity index (χ2n) is 13.5. The minimum atomic E-state index is -1.26. The molecule has 48 heavy (non-hydrogen) atoms. The predicted octanol–water partition coefficient (Wildman–Crippen LogP) is 3.57. The maximum absolute atomic E-state index is 14.7. The van der Waals surface area contributed by atoms with Crippen molar-refractivity contribution in [1.29, 1.82) is 0 Å². The number of aliphatic hydroxyl groups is 1. The molecule has 9 atom stereocenters. The van der Waals surface area contributed by atoms with Gasteiger partial charge in [-0.15, -0.1) is 13.2 Å². The first-order valence-electron chi connectivity index (χ1n) is 17.2. The molecule has 3 fully saturated rings. The van der Waals surface area contributed by atoms with E-state index in [-0.39, 0.29) is 55.9 Å². The van der Waals surface area contributed by atoms with Crippen LogP contribution < -0.4 is 5.32 Å². The summed E-state index contributed by atoms with van der Waals surface area (Å²) in [6, 6.07) is 6.51. The molecule has 3 saturated heterocycles. The monoisotopic (exact) mass is 667 g/mol. The SMILES string of the molecule is C=CCCC(=O)N[C@@H](COC)[C@@H](OC(=O)[C@@H]1[C@@H]2CC[C@]3(O2)[C@H](C(=O)N(CC=C)C(C)C)N([C@@H](CO)[C@@H](C)CC)C(=O)[C@@H]13)c1ccccc1. The Labute approximate surface area is 284 Å². The van der Waals surface area contributed by atoms with Gasteiger partial charge in [0.25, 0.3) is 0 Å². The number of fused-ring (bicyclic) bond motifs is 1. The minimum absolute atomic E-state index is 0.0648. The Kier molecular flexibility index (Phi) is 12.6. The number of likely N-dealkylation sites (tertiary alicyclic amines) is 1. The summed E-state index contributed by atoms with van der Waals surface area (Å²) in [6.45, 7) is 15.2. The van der Waals surface area contributed by atoms with E-state index in [1.807, 2.05) is 58.0 Å². The molecule has 11 heteroatoms. The van der Waals surface area contributed by atoms with Gasteiger partial charge in [-0.25, -0.2) is 0 Å². The average Bonchev–Trinajstić information content (AvgIpc) is 3.72. The summed E-state index contributed by atoms with van der Waals surface area (Å²) in [7, 11) is 1.50. The highest BCUT2D eigenvalue weighted by molar-refractivity contribution is 5.98. The molecule has 3 aliphatic heterocycles. The number of carbonyl (C=O) groups excluding carboxylic acids is 4. The Morgan fingerprint density at radius 2 is 1.90 bits per heavy atom. The highest BCUT2D eigenvalue weighted by Crippen LogP contribution is 2.59. The van der Waals surface area contributed by atoms with Crippen LogP contribution in [0.5, 0.6) is 0 Å². The number of methoxy groups -OCH3 is 1. The lowest BCUT2D eigenvalue weighted by Crippen LogP contribution is -2.60. The van der Waals surface area contributed by atoms with Crippen LogP contribution in [0.1, 0.15) is 71.5 Å². The molecule has 1 spiro atoms. The Bertz CT molecular complexity index is 1320. The van der Waals surface area contributed by atoms with Gasteiger partial charge in [0, 0.05) is 26.1 Å². The number of carbonyl (C=O) groups is 4. The molecule has 1 aromatic carbocycles. The molecule has 0 saturated carbocycles. The maximum Gasteiger partial charge on any atom is 0.313 e. The number of aliphatic hydroxyl groups excluding tert-OH is 1. The van der Waals surface area contributed by atoms with Crippen molar-refractivity contribution >= 4 is 23.7 Å². The third-order valence-electron chi connectivity index (χ3n) is 10.3. The van der Waals surface area contributed by atoms with Crippen LogP contribution in [0.25, 0.3) is 0 Å². The van der Waals surface area contributed by atoms with E-state index >= 15 is 0 Å². The van der Waals surface area contributed by atoms with Crippen LogP contribution in [0.2, 0.25) is 0 Å². The summed E-state index contributed by atoms with van der Waals surface area (Å²) in [5, 5.41) is 13.6. The van der Waals surface area contributed by atoms with E-state index in [2.05, 4.69) is 18.5 Å². The van der Waals surface area contributed by atoms with Crippen LogP contribution in [-0.2, 0) is 33.4 Å². The van der Waals surface area contributed by atoms with Gasteiger partial charge in [-0.2, -0.15) is 0 Å². The zero-order valence-electron chi connectivity index (χ0n) is 29.0. The van der Waals surface area contributed by atoms with E-state index in [4.69, 9.17) is 14.2 Å². The number of hydrogen-bond donors (Lipinski definition) is 2. The Morgan fingerprint density at radius 3 is 2.48 bits per heavy atom. The van der Waals surface area contributed by atoms with Crippen molar-refractivity contribution < 1.29 is 38.5 Å². The van der Waals surface area contributed by atoms with Crippen molar-refractivity contribution in [1.82, 2.24) is 15.1 Å². The molecule has 264 valence electrons. The fraction of sp³-hybridized carbons (Fsp3) is 0.622. The molecule has 1 aromatic rings. The summed E-state index contributed by atoms with van der Waals surface area (Å²) < 4.78 is 18.4. The van der Waals surface area contributed by atoms with Gasteiger partial charge in [0.15, 0.2) is 0 Å². The number of esters is 1. The van der Waals surface area contributed by atoms with Gasteiger partial charge in [-0.1, -0.05) is 62.8 Å². The summed E-state index contributed by atoms with van der Waals surface area (Å²) in [5.41, 5.74) is -0.609. The van der Waals surface area contributed by atoms with Crippen LogP contribution in [0.3, 0.4) is 0 Å². The molecule has 0 aromatic heterocycles. The summed E-state index contributed by atoms with van der Waals surface area (Å²) in [6.07, 6.45) is 3.99. The number of amides is 3. The molecule has 0 unspecified atom stereocenters. The predicted molar refractivity (Wildman–Crippen MR) is 180 cm³/mol. The van der Waals surface area contributed by atoms with Crippen molar-refractivity contribution in [3.05, 3.63) is 61.2 Å². The quantitative estimate of drug-likeness (QED) is 0.179. The fourth-order valence-corrected chi connectivity index (χ4v) is 7.79. The number of benzene rings is 1. The molecule has 3 amide bonds. The summed E-state index contributed by atoms with van der Waals surface area (Å²) in [4.78, 5) is 59.6. The molecule has 2 bridgehead atoms. The van der Waals surface area contributed by atoms with Crippen molar-refractivity contribution in [2.75, 3.05) is 26.9 Å². The minimum Gasteiger partial charge on any atom is -0.455 e. The lowest BCUT2D eigenvalue weighted by molar-refractivity contribution is -0.164. The van der Waals surface area contributed by atoms with Gasteiger partial charge in [0.2, 0.25) is 17.7 Å². The molecule has 2 N–H and O–H groups in total. The van der Waals surface area contributed by atoms with Crippen molar-refractivity contribution in [3.63, 3.8) is 0 Å². The maximum atomic E-state index is 14.7. The zero-order chi connectivity index (χ0) is 35.2. The second-order valence-corrected chi connectivity index (χ2v) is 13.5. The standard InChI is InChI=1S/C37H53N3O8/c1-8-11-17-29(42)38-26(22-46-7)32(25-15-13-12-14-16-25)47-36(45)30-28-18-19-37(48-28)31(30)34(43)40(27(21-41)24(6)10-3)33(37)35(44)39(20-9-2)23(4)5/h8-9,12-16,23-24,26-28,30-33,41H,1-2,10-11,17-22H2,3-7H3,(H,38,42)/t24-,26-,27-,28-,30+,31+,32-,33-,37+/m0/s1. The lowest BCUT2D eigenvalue weighted by atomic mass is 9.70. The number of nitrogens with zero attached hydrogens (tertiary/aromatic N) is 2. The normalized spacial score (nSPS) is 26.8. The van der Waals surface area contributed by atoms with Gasteiger partial charge in [-0.3, -0.25) is 19.2 Å². The van der Waals surface area contributed by atoms with Crippen molar-refractivity contribution in [2.24, 2.45) is 17.8 Å². The lowest BCUT2D eigenvalue weighted by Gasteiger charge is -2.41. The van der Waals surface area contributed by atoms with Gasteiger partial charge >= 0.3 is 5.97 Å². The Hall–Kier alpha value is -3.54. The first kappa shape index (κ1) is 37.3. The number of hydrogen-bond acceptors (Lipinski definition) is 8. The smallest absolute Gasteiger partial charge is 0.313 e. The van der Waals surface area contributed by atoms with E-state index in [0.717, 1.165) is 0 Å². The molecular weight excluding hydrogens is 614 g/mol. The van der Waals surface area contributed by atoms with Crippen LogP contribution in [0.15, 0.2) is 55.6 Å². The molecular formula is C37H53N3O8. The van der Waals surface area contributed by atoms with E-state index in [0.29, 0.717) is 31.2 Å². The van der Waals surface area contributed by atoms with E-state index < -0.39 is 53.7 Å².